The van der Waals surface area contributed by atoms with Crippen LogP contribution in [-0.2, 0) is 23.8 Å². The first-order chi connectivity index (χ1) is 7.52. The monoisotopic (exact) mass is 231 g/mol. The lowest BCUT2D eigenvalue weighted by Gasteiger charge is -2.17. The van der Waals surface area contributed by atoms with Crippen molar-refractivity contribution in [2.45, 2.75) is 45.2 Å². The first-order valence-electron chi connectivity index (χ1n) is 5.23. The van der Waals surface area contributed by atoms with Crippen molar-refractivity contribution < 1.29 is 23.8 Å². The van der Waals surface area contributed by atoms with Gasteiger partial charge < -0.3 is 19.9 Å². The molecule has 0 bridgehead atoms. The third-order valence-corrected chi connectivity index (χ3v) is 2.21. The second kappa shape index (κ2) is 5.81. The summed E-state index contributed by atoms with van der Waals surface area (Å²) in [5.74, 6) is -0.880. The van der Waals surface area contributed by atoms with Crippen LogP contribution < -0.4 is 5.73 Å². The molecule has 6 nitrogen and oxygen atoms in total. The molecule has 3 unspecified atom stereocenters. The SMILES string of the molecule is CC(=O)OC1CC(CCN)OC1OC(C)=O. The quantitative estimate of drug-likeness (QED) is 0.682. The second-order valence-electron chi connectivity index (χ2n) is 3.70. The Morgan fingerprint density at radius 1 is 1.31 bits per heavy atom. The van der Waals surface area contributed by atoms with Crippen molar-refractivity contribution in [2.75, 3.05) is 6.54 Å². The van der Waals surface area contributed by atoms with Gasteiger partial charge in [-0.25, -0.2) is 0 Å². The maximum atomic E-state index is 10.9. The topological polar surface area (TPSA) is 87.8 Å². The van der Waals surface area contributed by atoms with E-state index in [1.807, 2.05) is 0 Å². The average molecular weight is 231 g/mol. The molecule has 3 atom stereocenters. The molecule has 0 spiro atoms. The van der Waals surface area contributed by atoms with E-state index in [1.54, 1.807) is 0 Å². The van der Waals surface area contributed by atoms with E-state index in [-0.39, 0.29) is 6.10 Å². The molecule has 0 aliphatic carbocycles. The zero-order chi connectivity index (χ0) is 12.1. The zero-order valence-corrected chi connectivity index (χ0v) is 9.47. The van der Waals surface area contributed by atoms with Crippen LogP contribution in [0.2, 0.25) is 0 Å². The van der Waals surface area contributed by atoms with Gasteiger partial charge in [0.1, 0.15) is 0 Å². The third kappa shape index (κ3) is 3.79. The normalized spacial score (nSPS) is 28.8. The molecule has 1 heterocycles. The van der Waals surface area contributed by atoms with Crippen molar-refractivity contribution in [2.24, 2.45) is 5.73 Å². The Morgan fingerprint density at radius 2 is 1.94 bits per heavy atom. The van der Waals surface area contributed by atoms with Crippen molar-refractivity contribution in [3.05, 3.63) is 0 Å². The van der Waals surface area contributed by atoms with Crippen molar-refractivity contribution in [3.8, 4) is 0 Å². The summed E-state index contributed by atoms with van der Waals surface area (Å²) in [4.78, 5) is 21.7. The summed E-state index contributed by atoms with van der Waals surface area (Å²) in [5.41, 5.74) is 5.41. The van der Waals surface area contributed by atoms with Crippen LogP contribution >= 0.6 is 0 Å². The highest BCUT2D eigenvalue weighted by molar-refractivity contribution is 5.67. The molecule has 1 rings (SSSR count). The molecule has 0 aromatic rings. The lowest BCUT2D eigenvalue weighted by molar-refractivity contribution is -0.194. The fourth-order valence-electron chi connectivity index (χ4n) is 1.66. The number of ether oxygens (including phenoxy) is 3. The van der Waals surface area contributed by atoms with Crippen molar-refractivity contribution in [1.82, 2.24) is 0 Å². The van der Waals surface area contributed by atoms with Gasteiger partial charge in [-0.15, -0.1) is 0 Å². The van der Waals surface area contributed by atoms with Gasteiger partial charge >= 0.3 is 11.9 Å². The van der Waals surface area contributed by atoms with Gasteiger partial charge in [-0.3, -0.25) is 9.59 Å². The van der Waals surface area contributed by atoms with E-state index in [0.717, 1.165) is 0 Å². The molecule has 92 valence electrons. The van der Waals surface area contributed by atoms with Crippen LogP contribution in [0.4, 0.5) is 0 Å². The molecule has 0 aromatic heterocycles. The van der Waals surface area contributed by atoms with E-state index in [1.165, 1.54) is 13.8 Å². The van der Waals surface area contributed by atoms with Crippen LogP contribution in [0, 0.1) is 0 Å². The molecule has 1 aliphatic rings. The number of nitrogens with two attached hydrogens (primary N) is 1. The molecule has 6 heteroatoms. The Balaban J connectivity index is 2.55. The molecule has 0 radical (unpaired) electrons. The minimum atomic E-state index is -0.807. The van der Waals surface area contributed by atoms with E-state index < -0.39 is 24.3 Å². The summed E-state index contributed by atoms with van der Waals surface area (Å²) < 4.78 is 15.4. The Kier molecular flexibility index (Phi) is 4.70. The standard InChI is InChI=1S/C10H17NO5/c1-6(12)14-9-5-8(3-4-11)16-10(9)15-7(2)13/h8-10H,3-5,11H2,1-2H3. The molecule has 1 saturated heterocycles. The van der Waals surface area contributed by atoms with E-state index in [0.29, 0.717) is 19.4 Å². The molecule has 1 fully saturated rings. The molecule has 0 aromatic carbocycles. The van der Waals surface area contributed by atoms with Crippen LogP contribution in [0.3, 0.4) is 0 Å². The molecule has 16 heavy (non-hydrogen) atoms. The number of rotatable bonds is 4. The van der Waals surface area contributed by atoms with Crippen LogP contribution in [0.15, 0.2) is 0 Å². The summed E-state index contributed by atoms with van der Waals surface area (Å²) in [5, 5.41) is 0. The van der Waals surface area contributed by atoms with Gasteiger partial charge in [0.15, 0.2) is 6.10 Å². The lowest BCUT2D eigenvalue weighted by atomic mass is 10.1. The molecule has 2 N–H and O–H groups in total. The smallest absolute Gasteiger partial charge is 0.305 e. The number of hydrogen-bond acceptors (Lipinski definition) is 6. The van der Waals surface area contributed by atoms with E-state index >= 15 is 0 Å². The van der Waals surface area contributed by atoms with Gasteiger partial charge in [0.05, 0.1) is 6.10 Å². The number of esters is 2. The fourth-order valence-corrected chi connectivity index (χ4v) is 1.66. The summed E-state index contributed by atoms with van der Waals surface area (Å²) in [6.07, 6.45) is -0.306. The van der Waals surface area contributed by atoms with Gasteiger partial charge in [0.2, 0.25) is 6.29 Å². The first-order valence-corrected chi connectivity index (χ1v) is 5.23. The zero-order valence-electron chi connectivity index (χ0n) is 9.47. The van der Waals surface area contributed by atoms with Crippen LogP contribution in [0.25, 0.3) is 0 Å². The highest BCUT2D eigenvalue weighted by Crippen LogP contribution is 2.26. The van der Waals surface area contributed by atoms with Crippen LogP contribution in [0.1, 0.15) is 26.7 Å². The largest absolute Gasteiger partial charge is 0.456 e. The Hall–Kier alpha value is -1.14. The predicted molar refractivity (Wildman–Crippen MR) is 54.3 cm³/mol. The maximum Gasteiger partial charge on any atom is 0.305 e. The average Bonchev–Trinajstić information content (AvgIpc) is 2.46. The molecule has 0 saturated carbocycles. The van der Waals surface area contributed by atoms with Crippen molar-refractivity contribution in [3.63, 3.8) is 0 Å². The lowest BCUT2D eigenvalue weighted by Crippen LogP contribution is -2.30. The molecular formula is C10H17NO5. The van der Waals surface area contributed by atoms with Gasteiger partial charge in [0, 0.05) is 20.3 Å². The summed E-state index contributed by atoms with van der Waals surface area (Å²) in [6, 6.07) is 0. The fraction of sp³-hybridized carbons (Fsp3) is 0.800. The van der Waals surface area contributed by atoms with E-state index in [9.17, 15) is 9.59 Å². The van der Waals surface area contributed by atoms with Crippen molar-refractivity contribution in [1.29, 1.82) is 0 Å². The predicted octanol–water partition coefficient (Wildman–Crippen LogP) is -0.0550. The van der Waals surface area contributed by atoms with Crippen LogP contribution in [-0.4, -0.2) is 37.0 Å². The number of hydrogen-bond donors (Lipinski definition) is 1. The first kappa shape index (κ1) is 12.9. The summed E-state index contributed by atoms with van der Waals surface area (Å²) in [7, 11) is 0. The minimum absolute atomic E-state index is 0.126. The molecule has 0 amide bonds. The second-order valence-corrected chi connectivity index (χ2v) is 3.70. The highest BCUT2D eigenvalue weighted by atomic mass is 16.7. The summed E-state index contributed by atoms with van der Waals surface area (Å²) in [6.45, 7) is 3.07. The maximum absolute atomic E-state index is 10.9. The van der Waals surface area contributed by atoms with Gasteiger partial charge in [0.25, 0.3) is 0 Å². The van der Waals surface area contributed by atoms with Crippen molar-refractivity contribution >= 4 is 11.9 Å². The van der Waals surface area contributed by atoms with Gasteiger partial charge in [-0.1, -0.05) is 0 Å². The third-order valence-electron chi connectivity index (χ3n) is 2.21. The van der Waals surface area contributed by atoms with Gasteiger partial charge in [-0.05, 0) is 13.0 Å². The Labute approximate surface area is 94.0 Å². The van der Waals surface area contributed by atoms with Gasteiger partial charge in [-0.2, -0.15) is 0 Å². The van der Waals surface area contributed by atoms with E-state index in [2.05, 4.69) is 0 Å². The molecular weight excluding hydrogens is 214 g/mol. The Bertz CT molecular complexity index is 244. The summed E-state index contributed by atoms with van der Waals surface area (Å²) >= 11 is 0. The number of carbonyl (C=O) groups excluding carboxylic acids is 2. The highest BCUT2D eigenvalue weighted by Gasteiger charge is 2.39. The molecule has 1 aliphatic heterocycles. The van der Waals surface area contributed by atoms with E-state index in [4.69, 9.17) is 19.9 Å². The minimum Gasteiger partial charge on any atom is -0.456 e. The van der Waals surface area contributed by atoms with Crippen LogP contribution in [0.5, 0.6) is 0 Å². The number of carbonyl (C=O) groups is 2. The Morgan fingerprint density at radius 3 is 2.44 bits per heavy atom.